The average Bonchev–Trinajstić information content (AvgIpc) is 2.37. The van der Waals surface area contributed by atoms with Crippen LogP contribution in [0.15, 0.2) is 18.2 Å². The molecule has 0 bridgehead atoms. The zero-order valence-corrected chi connectivity index (χ0v) is 10.6. The molecule has 1 unspecified atom stereocenters. The van der Waals surface area contributed by atoms with E-state index in [2.05, 4.69) is 12.2 Å². The Kier molecular flexibility index (Phi) is 6.34. The highest BCUT2D eigenvalue weighted by Gasteiger charge is 2.05. The van der Waals surface area contributed by atoms with E-state index in [9.17, 15) is 4.39 Å². The van der Waals surface area contributed by atoms with Gasteiger partial charge in [0.2, 0.25) is 0 Å². The van der Waals surface area contributed by atoms with Gasteiger partial charge in [0.1, 0.15) is 5.82 Å². The van der Waals surface area contributed by atoms with Crippen LogP contribution in [0.4, 0.5) is 4.39 Å². The molecule has 4 heteroatoms. The summed E-state index contributed by atoms with van der Waals surface area (Å²) in [5, 5.41) is 20.8. The Labute approximate surface area is 107 Å². The molecule has 0 fully saturated rings. The van der Waals surface area contributed by atoms with Crippen LogP contribution in [0, 0.1) is 23.1 Å². The van der Waals surface area contributed by atoms with Crippen molar-refractivity contribution >= 4 is 0 Å². The second-order valence-electron chi connectivity index (χ2n) is 4.38. The first-order valence-corrected chi connectivity index (χ1v) is 6.20. The molecule has 3 nitrogen and oxygen atoms in total. The highest BCUT2D eigenvalue weighted by Crippen LogP contribution is 2.10. The quantitative estimate of drug-likeness (QED) is 0.780. The van der Waals surface area contributed by atoms with E-state index >= 15 is 0 Å². The summed E-state index contributed by atoms with van der Waals surface area (Å²) in [6.07, 6.45) is 1.77. The average molecular weight is 250 g/mol. The molecule has 2 N–H and O–H groups in total. The first kappa shape index (κ1) is 14.6. The maximum absolute atomic E-state index is 13.2. The number of hydrogen-bond acceptors (Lipinski definition) is 3. The van der Waals surface area contributed by atoms with Gasteiger partial charge in [-0.2, -0.15) is 5.26 Å². The molecule has 0 saturated carbocycles. The number of nitriles is 1. The number of hydrogen-bond donors (Lipinski definition) is 2. The third kappa shape index (κ3) is 4.82. The van der Waals surface area contributed by atoms with Gasteiger partial charge in [0.15, 0.2) is 0 Å². The van der Waals surface area contributed by atoms with E-state index < -0.39 is 0 Å². The Morgan fingerprint density at radius 1 is 1.44 bits per heavy atom. The zero-order chi connectivity index (χ0) is 13.4. The predicted molar refractivity (Wildman–Crippen MR) is 68.3 cm³/mol. The van der Waals surface area contributed by atoms with Crippen molar-refractivity contribution in [2.75, 3.05) is 13.2 Å². The molecule has 0 aliphatic carbocycles. The minimum Gasteiger partial charge on any atom is -0.396 e. The SMILES string of the molecule is CCC(CCO)CNCc1cc(F)cc(C#N)c1. The number of aliphatic hydroxyl groups excluding tert-OH is 1. The van der Waals surface area contributed by atoms with Gasteiger partial charge in [0, 0.05) is 13.2 Å². The Bertz CT molecular complexity index is 415. The Morgan fingerprint density at radius 2 is 2.22 bits per heavy atom. The summed E-state index contributed by atoms with van der Waals surface area (Å²) >= 11 is 0. The summed E-state index contributed by atoms with van der Waals surface area (Å²) in [5.41, 5.74) is 1.11. The topological polar surface area (TPSA) is 56.0 Å². The number of rotatable bonds is 7. The lowest BCUT2D eigenvalue weighted by molar-refractivity contribution is 0.251. The third-order valence-electron chi connectivity index (χ3n) is 2.96. The van der Waals surface area contributed by atoms with Gasteiger partial charge < -0.3 is 10.4 Å². The molecule has 0 aliphatic rings. The van der Waals surface area contributed by atoms with E-state index in [1.54, 1.807) is 6.07 Å². The van der Waals surface area contributed by atoms with Crippen LogP contribution in [0.2, 0.25) is 0 Å². The van der Waals surface area contributed by atoms with Crippen molar-refractivity contribution in [1.82, 2.24) is 5.32 Å². The van der Waals surface area contributed by atoms with Crippen molar-refractivity contribution in [3.63, 3.8) is 0 Å². The third-order valence-corrected chi connectivity index (χ3v) is 2.96. The van der Waals surface area contributed by atoms with Crippen LogP contribution in [0.25, 0.3) is 0 Å². The van der Waals surface area contributed by atoms with E-state index in [0.717, 1.165) is 24.9 Å². The summed E-state index contributed by atoms with van der Waals surface area (Å²) in [6, 6.07) is 6.28. The van der Waals surface area contributed by atoms with E-state index in [1.807, 2.05) is 6.07 Å². The zero-order valence-electron chi connectivity index (χ0n) is 10.6. The fourth-order valence-electron chi connectivity index (χ4n) is 1.87. The molecule has 1 rings (SSSR count). The van der Waals surface area contributed by atoms with E-state index in [4.69, 9.17) is 10.4 Å². The summed E-state index contributed by atoms with van der Waals surface area (Å²) in [6.45, 7) is 3.60. The van der Waals surface area contributed by atoms with Gasteiger partial charge in [-0.15, -0.1) is 0 Å². The molecule has 98 valence electrons. The van der Waals surface area contributed by atoms with E-state index in [-0.39, 0.29) is 12.4 Å². The highest BCUT2D eigenvalue weighted by molar-refractivity contribution is 5.33. The lowest BCUT2D eigenvalue weighted by Crippen LogP contribution is -2.23. The minimum absolute atomic E-state index is 0.193. The van der Waals surface area contributed by atoms with Crippen LogP contribution in [-0.2, 0) is 6.54 Å². The van der Waals surface area contributed by atoms with Gasteiger partial charge in [-0.1, -0.05) is 13.3 Å². The monoisotopic (exact) mass is 250 g/mol. The first-order chi connectivity index (χ1) is 8.69. The van der Waals surface area contributed by atoms with Crippen LogP contribution < -0.4 is 5.32 Å². The Hall–Kier alpha value is -1.44. The van der Waals surface area contributed by atoms with Crippen LogP contribution in [-0.4, -0.2) is 18.3 Å². The molecule has 1 aromatic rings. The van der Waals surface area contributed by atoms with Crippen LogP contribution in [0.1, 0.15) is 30.9 Å². The summed E-state index contributed by atoms with van der Waals surface area (Å²) in [4.78, 5) is 0. The Balaban J connectivity index is 2.48. The van der Waals surface area contributed by atoms with Crippen molar-refractivity contribution in [2.45, 2.75) is 26.3 Å². The molecule has 1 atom stereocenters. The molecule has 0 saturated heterocycles. The second kappa shape index (κ2) is 7.80. The van der Waals surface area contributed by atoms with Crippen molar-refractivity contribution in [1.29, 1.82) is 5.26 Å². The lowest BCUT2D eigenvalue weighted by Gasteiger charge is -2.14. The van der Waals surface area contributed by atoms with Gasteiger partial charge in [0.05, 0.1) is 11.6 Å². The van der Waals surface area contributed by atoms with Gasteiger partial charge in [-0.3, -0.25) is 0 Å². The molecular weight excluding hydrogens is 231 g/mol. The van der Waals surface area contributed by atoms with Crippen LogP contribution in [0.5, 0.6) is 0 Å². The van der Waals surface area contributed by atoms with Crippen molar-refractivity contribution in [3.05, 3.63) is 35.1 Å². The van der Waals surface area contributed by atoms with Gasteiger partial charge in [-0.05, 0) is 42.6 Å². The number of nitrogens with one attached hydrogen (secondary N) is 1. The smallest absolute Gasteiger partial charge is 0.124 e. The van der Waals surface area contributed by atoms with Crippen molar-refractivity contribution in [2.24, 2.45) is 5.92 Å². The maximum Gasteiger partial charge on any atom is 0.124 e. The van der Waals surface area contributed by atoms with Gasteiger partial charge >= 0.3 is 0 Å². The van der Waals surface area contributed by atoms with Crippen LogP contribution in [0.3, 0.4) is 0 Å². The molecule has 0 radical (unpaired) electrons. The molecule has 0 spiro atoms. The number of nitrogens with zero attached hydrogens (tertiary/aromatic N) is 1. The summed E-state index contributed by atoms with van der Waals surface area (Å²) in [5.74, 6) is 0.0484. The fraction of sp³-hybridized carbons (Fsp3) is 0.500. The van der Waals surface area contributed by atoms with Crippen LogP contribution >= 0.6 is 0 Å². The largest absolute Gasteiger partial charge is 0.396 e. The van der Waals surface area contributed by atoms with Crippen molar-refractivity contribution < 1.29 is 9.50 Å². The predicted octanol–water partition coefficient (Wildman–Crippen LogP) is 2.20. The minimum atomic E-state index is -0.381. The second-order valence-corrected chi connectivity index (χ2v) is 4.38. The normalized spacial score (nSPS) is 12.1. The number of benzene rings is 1. The van der Waals surface area contributed by atoms with Crippen molar-refractivity contribution in [3.8, 4) is 6.07 Å². The molecule has 0 amide bonds. The molecule has 0 aliphatic heterocycles. The summed E-state index contributed by atoms with van der Waals surface area (Å²) in [7, 11) is 0. The summed E-state index contributed by atoms with van der Waals surface area (Å²) < 4.78 is 13.2. The first-order valence-electron chi connectivity index (χ1n) is 6.20. The number of halogens is 1. The molecule has 0 heterocycles. The molecule has 18 heavy (non-hydrogen) atoms. The number of aliphatic hydroxyl groups is 1. The Morgan fingerprint density at radius 3 is 2.83 bits per heavy atom. The highest BCUT2D eigenvalue weighted by atomic mass is 19.1. The van der Waals surface area contributed by atoms with E-state index in [0.29, 0.717) is 18.0 Å². The molecular formula is C14H19FN2O. The fourth-order valence-corrected chi connectivity index (χ4v) is 1.87. The maximum atomic E-state index is 13.2. The molecule has 0 aromatic heterocycles. The molecule has 1 aromatic carbocycles. The van der Waals surface area contributed by atoms with E-state index in [1.165, 1.54) is 12.1 Å². The van der Waals surface area contributed by atoms with Gasteiger partial charge in [-0.25, -0.2) is 4.39 Å². The lowest BCUT2D eigenvalue weighted by atomic mass is 10.0. The van der Waals surface area contributed by atoms with Gasteiger partial charge in [0.25, 0.3) is 0 Å². The standard InChI is InChI=1S/C14H19FN2O/c1-2-11(3-4-18)9-17-10-13-5-12(8-16)6-14(15)7-13/h5-7,11,17-18H,2-4,9-10H2,1H3.